The maximum Gasteiger partial charge on any atom is 0.268 e. The van der Waals surface area contributed by atoms with Crippen molar-refractivity contribution in [2.45, 2.75) is 154 Å². The van der Waals surface area contributed by atoms with Crippen molar-refractivity contribution in [3.05, 3.63) is 60.8 Å². The monoisotopic (exact) mass is 739 g/mol. The number of hydrogen-bond donors (Lipinski definition) is 3. The van der Waals surface area contributed by atoms with Crippen LogP contribution in [0.2, 0.25) is 0 Å². The van der Waals surface area contributed by atoms with Gasteiger partial charge in [0, 0.05) is 6.42 Å². The largest absolute Gasteiger partial charge is 0.756 e. The highest BCUT2D eigenvalue weighted by molar-refractivity contribution is 7.45. The van der Waals surface area contributed by atoms with Crippen molar-refractivity contribution >= 4 is 13.7 Å². The number of carbonyl (C=O) groups is 1. The molecule has 3 N–H and O–H groups in total. The molecule has 0 radical (unpaired) electrons. The van der Waals surface area contributed by atoms with E-state index in [1.807, 2.05) is 34.1 Å². The number of nitrogens with zero attached hydrogens (tertiary/aromatic N) is 1. The summed E-state index contributed by atoms with van der Waals surface area (Å²) in [5, 5.41) is 23.2. The Morgan fingerprint density at radius 2 is 1.27 bits per heavy atom. The summed E-state index contributed by atoms with van der Waals surface area (Å²) in [6, 6.07) is -0.924. The second kappa shape index (κ2) is 32.8. The van der Waals surface area contributed by atoms with Crippen molar-refractivity contribution in [3.8, 4) is 0 Å². The van der Waals surface area contributed by atoms with Gasteiger partial charge in [0.25, 0.3) is 7.82 Å². The van der Waals surface area contributed by atoms with Crippen LogP contribution in [0.4, 0.5) is 0 Å². The molecule has 0 bridgehead atoms. The average molecular weight is 739 g/mol. The first-order chi connectivity index (χ1) is 24.4. The summed E-state index contributed by atoms with van der Waals surface area (Å²) in [5.41, 5.74) is 0. The molecule has 0 aliphatic carbocycles. The molecule has 0 aliphatic heterocycles. The first-order valence-corrected chi connectivity index (χ1v) is 21.2. The molecule has 0 saturated heterocycles. The van der Waals surface area contributed by atoms with Crippen LogP contribution in [0, 0.1) is 0 Å². The number of phosphoric ester groups is 1. The third-order valence-corrected chi connectivity index (χ3v) is 9.35. The Bertz CT molecular complexity index is 1040. The van der Waals surface area contributed by atoms with Crippen LogP contribution in [0.25, 0.3) is 0 Å². The van der Waals surface area contributed by atoms with Crippen LogP contribution in [-0.4, -0.2) is 79.8 Å². The standard InChI is InChI=1S/C41H75N2O7P/c1-6-8-9-10-11-12-17-21-24-27-30-33-40(45)39(37-50-51(47,48)49-36-35-43(3,4)5)42-41(46)34-31-28-25-22-19-16-14-13-15-18-20-23-26-29-32-38(44)7-2/h14-16,18,22-23,25-26,30,33,38-40,44-45H,6-13,17,19-21,24,27-29,31-32,34-37H2,1-5H3,(H-,42,46,47,48)/b16-14-,18-15-,25-22-,26-23-,33-30+/t38-,39+,40-/m1/s1. The third kappa shape index (κ3) is 35.0. The van der Waals surface area contributed by atoms with E-state index < -0.39 is 26.6 Å². The SMILES string of the molecule is CCCCCCCCCCC/C=C/[C@@H](O)[C@H](COP(=O)([O-])OCC[N+](C)(C)C)NC(=O)CCC/C=C\C/C=C\C/C=C\C/C=C\CC[C@H](O)CC. The van der Waals surface area contributed by atoms with Gasteiger partial charge in [-0.25, -0.2) is 0 Å². The maximum absolute atomic E-state index is 12.8. The van der Waals surface area contributed by atoms with E-state index in [0.717, 1.165) is 64.2 Å². The summed E-state index contributed by atoms with van der Waals surface area (Å²) >= 11 is 0. The molecule has 1 amide bonds. The van der Waals surface area contributed by atoms with Crippen LogP contribution < -0.4 is 10.2 Å². The molecule has 9 nitrogen and oxygen atoms in total. The molecular weight excluding hydrogens is 663 g/mol. The fraction of sp³-hybridized carbons (Fsp3) is 0.732. The van der Waals surface area contributed by atoms with E-state index in [1.165, 1.54) is 44.9 Å². The number of likely N-dealkylation sites (N-methyl/N-ethyl adjacent to an activating group) is 1. The van der Waals surface area contributed by atoms with Crippen molar-refractivity contribution < 1.29 is 38.0 Å². The molecule has 296 valence electrons. The quantitative estimate of drug-likeness (QED) is 0.0261. The van der Waals surface area contributed by atoms with Crippen LogP contribution >= 0.6 is 7.82 Å². The second-order valence-corrected chi connectivity index (χ2v) is 15.8. The van der Waals surface area contributed by atoms with Crippen LogP contribution in [-0.2, 0) is 18.4 Å². The predicted octanol–water partition coefficient (Wildman–Crippen LogP) is 8.63. The molecule has 0 rings (SSSR count). The average Bonchev–Trinajstić information content (AvgIpc) is 3.07. The normalized spacial score (nSPS) is 15.8. The molecule has 0 heterocycles. The summed E-state index contributed by atoms with van der Waals surface area (Å²) in [6.07, 6.45) is 37.8. The lowest BCUT2D eigenvalue weighted by Crippen LogP contribution is -2.45. The van der Waals surface area contributed by atoms with Crippen LogP contribution in [0.5, 0.6) is 0 Å². The Kier molecular flexibility index (Phi) is 31.6. The zero-order chi connectivity index (χ0) is 38.1. The zero-order valence-corrected chi connectivity index (χ0v) is 33.8. The van der Waals surface area contributed by atoms with Gasteiger partial charge in [0.15, 0.2) is 0 Å². The van der Waals surface area contributed by atoms with Crippen molar-refractivity contribution in [1.82, 2.24) is 5.32 Å². The lowest BCUT2D eigenvalue weighted by atomic mass is 10.1. The topological polar surface area (TPSA) is 128 Å². The summed E-state index contributed by atoms with van der Waals surface area (Å²) in [6.45, 7) is 4.27. The lowest BCUT2D eigenvalue weighted by molar-refractivity contribution is -0.870. The summed E-state index contributed by atoms with van der Waals surface area (Å²) in [7, 11) is 1.19. The number of hydrogen-bond acceptors (Lipinski definition) is 7. The molecule has 10 heteroatoms. The molecule has 0 saturated carbocycles. The Hall–Kier alpha value is -1.84. The molecule has 0 aromatic heterocycles. The smallest absolute Gasteiger partial charge is 0.268 e. The van der Waals surface area contributed by atoms with E-state index >= 15 is 0 Å². The third-order valence-electron chi connectivity index (χ3n) is 8.39. The van der Waals surface area contributed by atoms with Gasteiger partial charge in [-0.3, -0.25) is 9.36 Å². The Morgan fingerprint density at radius 3 is 1.84 bits per heavy atom. The number of quaternary nitrogens is 1. The van der Waals surface area contributed by atoms with E-state index in [1.54, 1.807) is 6.08 Å². The molecule has 51 heavy (non-hydrogen) atoms. The van der Waals surface area contributed by atoms with E-state index in [9.17, 15) is 24.5 Å². The van der Waals surface area contributed by atoms with E-state index in [4.69, 9.17) is 9.05 Å². The van der Waals surface area contributed by atoms with Gasteiger partial charge in [-0.1, -0.05) is 126 Å². The molecular formula is C41H75N2O7P. The number of phosphoric acid groups is 1. The minimum Gasteiger partial charge on any atom is -0.756 e. The number of allylic oxidation sites excluding steroid dienone is 9. The molecule has 0 aliphatic rings. The lowest BCUT2D eigenvalue weighted by Gasteiger charge is -2.29. The fourth-order valence-electron chi connectivity index (χ4n) is 5.00. The zero-order valence-electron chi connectivity index (χ0n) is 32.9. The van der Waals surface area contributed by atoms with Crippen molar-refractivity contribution in [1.29, 1.82) is 0 Å². The van der Waals surface area contributed by atoms with Gasteiger partial charge >= 0.3 is 0 Å². The highest BCUT2D eigenvalue weighted by Gasteiger charge is 2.23. The Balaban J connectivity index is 4.62. The summed E-state index contributed by atoms with van der Waals surface area (Å²) in [4.78, 5) is 25.1. The van der Waals surface area contributed by atoms with Crippen LogP contribution in [0.3, 0.4) is 0 Å². The number of unbranched alkanes of at least 4 members (excludes halogenated alkanes) is 10. The van der Waals surface area contributed by atoms with Crippen LogP contribution in [0.15, 0.2) is 60.8 Å². The minimum absolute atomic E-state index is 0.0203. The van der Waals surface area contributed by atoms with Crippen LogP contribution in [0.1, 0.15) is 136 Å². The minimum atomic E-state index is -4.60. The number of nitrogens with one attached hydrogen (secondary N) is 1. The Morgan fingerprint density at radius 1 is 0.745 bits per heavy atom. The molecule has 0 aromatic carbocycles. The van der Waals surface area contributed by atoms with Crippen molar-refractivity contribution in [2.24, 2.45) is 0 Å². The van der Waals surface area contributed by atoms with Crippen molar-refractivity contribution in [3.63, 3.8) is 0 Å². The Labute approximate surface area is 312 Å². The van der Waals surface area contributed by atoms with Gasteiger partial charge in [-0.15, -0.1) is 0 Å². The summed E-state index contributed by atoms with van der Waals surface area (Å²) in [5.74, 6) is -0.268. The van der Waals surface area contributed by atoms with Gasteiger partial charge in [-0.2, -0.15) is 0 Å². The fourth-order valence-corrected chi connectivity index (χ4v) is 5.73. The number of aliphatic hydroxyl groups excluding tert-OH is 2. The van der Waals surface area contributed by atoms with Gasteiger partial charge in [0.2, 0.25) is 5.91 Å². The maximum atomic E-state index is 12.8. The van der Waals surface area contributed by atoms with Gasteiger partial charge in [-0.05, 0) is 64.2 Å². The molecule has 4 atom stereocenters. The van der Waals surface area contributed by atoms with E-state index in [0.29, 0.717) is 17.4 Å². The summed E-state index contributed by atoms with van der Waals surface area (Å²) < 4.78 is 23.0. The number of amides is 1. The van der Waals surface area contributed by atoms with Gasteiger partial charge in [0.1, 0.15) is 13.2 Å². The van der Waals surface area contributed by atoms with Crippen molar-refractivity contribution in [2.75, 3.05) is 40.9 Å². The first kappa shape index (κ1) is 49.2. The molecule has 1 unspecified atom stereocenters. The van der Waals surface area contributed by atoms with E-state index in [2.05, 4.69) is 60.8 Å². The predicted molar refractivity (Wildman–Crippen MR) is 211 cm³/mol. The molecule has 0 aromatic rings. The number of carbonyl (C=O) groups excluding carboxylic acids is 1. The molecule has 0 spiro atoms. The van der Waals surface area contributed by atoms with Gasteiger partial charge < -0.3 is 34.0 Å². The molecule has 0 fully saturated rings. The number of rotatable bonds is 34. The van der Waals surface area contributed by atoms with E-state index in [-0.39, 0.29) is 25.0 Å². The van der Waals surface area contributed by atoms with Gasteiger partial charge in [0.05, 0.1) is 46.0 Å². The highest BCUT2D eigenvalue weighted by atomic mass is 31.2. The first-order valence-electron chi connectivity index (χ1n) is 19.7. The highest BCUT2D eigenvalue weighted by Crippen LogP contribution is 2.38. The second-order valence-electron chi connectivity index (χ2n) is 14.4. The number of aliphatic hydroxyl groups is 2.